The van der Waals surface area contributed by atoms with Crippen LogP contribution >= 0.6 is 0 Å². The van der Waals surface area contributed by atoms with Crippen LogP contribution in [0.2, 0.25) is 0 Å². The molecule has 84 valence electrons. The van der Waals surface area contributed by atoms with Crippen molar-refractivity contribution in [1.82, 2.24) is 10.3 Å². The molecule has 0 aliphatic carbocycles. The summed E-state index contributed by atoms with van der Waals surface area (Å²) in [7, 11) is 0. The largest absolute Gasteiger partial charge is 0.361 e. The second-order valence-electron chi connectivity index (χ2n) is 4.87. The van der Waals surface area contributed by atoms with Crippen molar-refractivity contribution in [1.29, 1.82) is 0 Å². The average molecular weight is 214 g/mol. The van der Waals surface area contributed by atoms with Crippen LogP contribution in [0.25, 0.3) is 10.9 Å². The first-order chi connectivity index (χ1) is 7.86. The normalized spacial score (nSPS) is 26.1. The number of nitrogens with one attached hydrogen (secondary N) is 2. The summed E-state index contributed by atoms with van der Waals surface area (Å²) in [5, 5.41) is 4.87. The molecular formula is C14H18N2. The summed E-state index contributed by atoms with van der Waals surface area (Å²) >= 11 is 0. The molecule has 0 unspecified atom stereocenters. The molecule has 16 heavy (non-hydrogen) atoms. The second-order valence-corrected chi connectivity index (χ2v) is 4.87. The lowest BCUT2D eigenvalue weighted by Gasteiger charge is -2.29. The van der Waals surface area contributed by atoms with Gasteiger partial charge in [-0.2, -0.15) is 0 Å². The maximum absolute atomic E-state index is 3.46. The summed E-state index contributed by atoms with van der Waals surface area (Å²) in [4.78, 5) is 3.39. The zero-order valence-corrected chi connectivity index (χ0v) is 9.66. The van der Waals surface area contributed by atoms with Crippen LogP contribution in [-0.2, 0) is 0 Å². The van der Waals surface area contributed by atoms with Crippen LogP contribution in [0.3, 0.4) is 0 Å². The summed E-state index contributed by atoms with van der Waals surface area (Å²) < 4.78 is 0. The molecule has 1 aliphatic rings. The molecule has 2 heteroatoms. The Kier molecular flexibility index (Phi) is 2.44. The highest BCUT2D eigenvalue weighted by Gasteiger charge is 2.24. The molecule has 0 radical (unpaired) electrons. The molecule has 0 amide bonds. The number of H-pyrrole nitrogens is 1. The number of aromatic amines is 1. The molecule has 1 aromatic carbocycles. The number of hydrogen-bond donors (Lipinski definition) is 2. The van der Waals surface area contributed by atoms with Gasteiger partial charge >= 0.3 is 0 Å². The van der Waals surface area contributed by atoms with Crippen LogP contribution in [0.1, 0.15) is 24.8 Å². The molecule has 2 aromatic rings. The van der Waals surface area contributed by atoms with E-state index >= 15 is 0 Å². The molecule has 1 saturated heterocycles. The van der Waals surface area contributed by atoms with Crippen molar-refractivity contribution in [3.63, 3.8) is 0 Å². The Bertz CT molecular complexity index is 486. The first-order valence-corrected chi connectivity index (χ1v) is 6.13. The maximum Gasteiger partial charge on any atom is 0.0456 e. The van der Waals surface area contributed by atoms with Crippen LogP contribution in [0.15, 0.2) is 30.5 Å². The lowest BCUT2D eigenvalue weighted by molar-refractivity contribution is 0.351. The molecule has 2 nitrogen and oxygen atoms in total. The Labute approximate surface area is 96.1 Å². The van der Waals surface area contributed by atoms with Gasteiger partial charge in [0.1, 0.15) is 0 Å². The van der Waals surface area contributed by atoms with Gasteiger partial charge in [-0.1, -0.05) is 25.1 Å². The minimum atomic E-state index is 0.706. The van der Waals surface area contributed by atoms with Crippen LogP contribution in [0.4, 0.5) is 0 Å². The van der Waals surface area contributed by atoms with Gasteiger partial charge in [0.05, 0.1) is 0 Å². The molecule has 3 rings (SSSR count). The monoisotopic (exact) mass is 214 g/mol. The number of rotatable bonds is 1. The van der Waals surface area contributed by atoms with Crippen LogP contribution in [-0.4, -0.2) is 18.1 Å². The van der Waals surface area contributed by atoms with Crippen molar-refractivity contribution >= 4 is 10.9 Å². The number of benzene rings is 1. The van der Waals surface area contributed by atoms with Crippen LogP contribution in [0.5, 0.6) is 0 Å². The highest BCUT2D eigenvalue weighted by atomic mass is 14.9. The van der Waals surface area contributed by atoms with Crippen molar-refractivity contribution in [2.75, 3.05) is 13.1 Å². The van der Waals surface area contributed by atoms with Crippen molar-refractivity contribution in [2.45, 2.75) is 19.3 Å². The lowest BCUT2D eigenvalue weighted by atomic mass is 9.82. The Morgan fingerprint density at radius 2 is 2.12 bits per heavy atom. The van der Waals surface area contributed by atoms with E-state index in [2.05, 4.69) is 47.7 Å². The number of hydrogen-bond acceptors (Lipinski definition) is 1. The second kappa shape index (κ2) is 3.95. The van der Waals surface area contributed by atoms with Gasteiger partial charge in [-0.15, -0.1) is 0 Å². The number of fused-ring (bicyclic) bond motifs is 1. The fourth-order valence-corrected chi connectivity index (χ4v) is 2.88. The minimum Gasteiger partial charge on any atom is -0.361 e. The molecule has 0 bridgehead atoms. The average Bonchev–Trinajstić information content (AvgIpc) is 2.74. The summed E-state index contributed by atoms with van der Waals surface area (Å²) in [6, 6.07) is 8.61. The van der Waals surface area contributed by atoms with Gasteiger partial charge in [-0.25, -0.2) is 0 Å². The van der Waals surface area contributed by atoms with E-state index in [0.29, 0.717) is 5.92 Å². The van der Waals surface area contributed by atoms with E-state index in [-0.39, 0.29) is 0 Å². The van der Waals surface area contributed by atoms with Crippen molar-refractivity contribution in [3.8, 4) is 0 Å². The SMILES string of the molecule is C[C@H]1CNCC[C@H]1c1c[nH]c2ccccc12. The quantitative estimate of drug-likeness (QED) is 0.750. The Balaban J connectivity index is 2.04. The highest BCUT2D eigenvalue weighted by Crippen LogP contribution is 2.34. The first-order valence-electron chi connectivity index (χ1n) is 6.13. The van der Waals surface area contributed by atoms with Crippen molar-refractivity contribution in [3.05, 3.63) is 36.0 Å². The van der Waals surface area contributed by atoms with Crippen LogP contribution in [0, 0.1) is 5.92 Å². The van der Waals surface area contributed by atoms with Gasteiger partial charge < -0.3 is 10.3 Å². The summed E-state index contributed by atoms with van der Waals surface area (Å²) in [5.41, 5.74) is 2.77. The standard InChI is InChI=1S/C14H18N2/c1-10-8-15-7-6-11(10)13-9-16-14-5-3-2-4-12(13)14/h2-5,9-11,15-16H,6-8H2,1H3/t10-,11+/m0/s1. The molecule has 0 saturated carbocycles. The minimum absolute atomic E-state index is 0.706. The predicted molar refractivity (Wildman–Crippen MR) is 67.7 cm³/mol. The summed E-state index contributed by atoms with van der Waals surface area (Å²) in [6.07, 6.45) is 3.46. The molecule has 1 fully saturated rings. The zero-order chi connectivity index (χ0) is 11.0. The maximum atomic E-state index is 3.46. The van der Waals surface area contributed by atoms with E-state index in [0.717, 1.165) is 19.0 Å². The van der Waals surface area contributed by atoms with E-state index in [1.807, 2.05) is 0 Å². The van der Waals surface area contributed by atoms with Crippen molar-refractivity contribution < 1.29 is 0 Å². The van der Waals surface area contributed by atoms with Gasteiger partial charge in [-0.05, 0) is 43.0 Å². The smallest absolute Gasteiger partial charge is 0.0456 e. The molecule has 1 aliphatic heterocycles. The first kappa shape index (κ1) is 9.91. The molecule has 2 atom stereocenters. The molecule has 1 aromatic heterocycles. The van der Waals surface area contributed by atoms with Crippen LogP contribution < -0.4 is 5.32 Å². The Hall–Kier alpha value is -1.28. The van der Waals surface area contributed by atoms with E-state index in [1.54, 1.807) is 0 Å². The lowest BCUT2D eigenvalue weighted by Crippen LogP contribution is -2.33. The third-order valence-electron chi connectivity index (χ3n) is 3.81. The molecular weight excluding hydrogens is 196 g/mol. The molecule has 2 heterocycles. The number of aromatic nitrogens is 1. The van der Waals surface area contributed by atoms with Gasteiger partial charge in [0.25, 0.3) is 0 Å². The fourth-order valence-electron chi connectivity index (χ4n) is 2.88. The van der Waals surface area contributed by atoms with Gasteiger partial charge in [0, 0.05) is 17.1 Å². The van der Waals surface area contributed by atoms with E-state index in [4.69, 9.17) is 0 Å². The number of para-hydroxylation sites is 1. The topological polar surface area (TPSA) is 27.8 Å². The Morgan fingerprint density at radius 3 is 3.00 bits per heavy atom. The molecule has 0 spiro atoms. The van der Waals surface area contributed by atoms with E-state index < -0.39 is 0 Å². The van der Waals surface area contributed by atoms with E-state index in [1.165, 1.54) is 22.9 Å². The van der Waals surface area contributed by atoms with Gasteiger partial charge in [0.15, 0.2) is 0 Å². The summed E-state index contributed by atoms with van der Waals surface area (Å²) in [5.74, 6) is 1.44. The van der Waals surface area contributed by atoms with Gasteiger partial charge in [0.2, 0.25) is 0 Å². The van der Waals surface area contributed by atoms with Crippen molar-refractivity contribution in [2.24, 2.45) is 5.92 Å². The Morgan fingerprint density at radius 1 is 1.25 bits per heavy atom. The van der Waals surface area contributed by atoms with Gasteiger partial charge in [-0.3, -0.25) is 0 Å². The summed E-state index contributed by atoms with van der Waals surface area (Å²) in [6.45, 7) is 4.64. The zero-order valence-electron chi connectivity index (χ0n) is 9.66. The third-order valence-corrected chi connectivity index (χ3v) is 3.81. The third kappa shape index (κ3) is 1.54. The fraction of sp³-hybridized carbons (Fsp3) is 0.429. The van der Waals surface area contributed by atoms with E-state index in [9.17, 15) is 0 Å². The highest BCUT2D eigenvalue weighted by molar-refractivity contribution is 5.83. The number of piperidine rings is 1. The predicted octanol–water partition coefficient (Wildman–Crippen LogP) is 2.88. The molecule has 2 N–H and O–H groups in total.